The van der Waals surface area contributed by atoms with Crippen molar-refractivity contribution in [2.75, 3.05) is 0 Å². The summed E-state index contributed by atoms with van der Waals surface area (Å²) in [6, 6.07) is 8.49. The van der Waals surface area contributed by atoms with Gasteiger partial charge in [0.2, 0.25) is 0 Å². The minimum absolute atomic E-state index is 0.161. The summed E-state index contributed by atoms with van der Waals surface area (Å²) in [5.41, 5.74) is 1.08. The summed E-state index contributed by atoms with van der Waals surface area (Å²) in [4.78, 5) is 21.2. The third-order valence-electron chi connectivity index (χ3n) is 5.17. The first-order valence-corrected chi connectivity index (χ1v) is 8.88. The molecule has 0 fully saturated rings. The number of aromatic nitrogens is 5. The molecule has 2 aromatic heterocycles. The molecular formula is C20H14F2N6O. The molecule has 9 heteroatoms. The van der Waals surface area contributed by atoms with Crippen LogP contribution in [-0.4, -0.2) is 31.2 Å². The summed E-state index contributed by atoms with van der Waals surface area (Å²) in [6.07, 6.45) is 3.08. The number of hydrogen-bond acceptors (Lipinski definition) is 5. The van der Waals surface area contributed by atoms with Crippen LogP contribution in [0, 0.1) is 11.6 Å². The molecule has 0 bridgehead atoms. The molecule has 0 saturated carbocycles. The van der Waals surface area contributed by atoms with Crippen molar-refractivity contribution in [2.45, 2.75) is 11.8 Å². The van der Waals surface area contributed by atoms with Gasteiger partial charge in [-0.15, -0.1) is 0 Å². The average molecular weight is 392 g/mol. The molecule has 3 heterocycles. The molecule has 0 saturated heterocycles. The van der Waals surface area contributed by atoms with Crippen molar-refractivity contribution in [3.63, 3.8) is 0 Å². The SMILES string of the molecule is Cn1ncnc1C1c2n[nH]c(=O)c3cc(F)cc(c23)N=CC1c1ccc(F)cc1. The van der Waals surface area contributed by atoms with E-state index >= 15 is 0 Å². The molecule has 29 heavy (non-hydrogen) atoms. The first-order chi connectivity index (χ1) is 14.0. The Bertz CT molecular complexity index is 1330. The van der Waals surface area contributed by atoms with Gasteiger partial charge in [0.15, 0.2) is 0 Å². The van der Waals surface area contributed by atoms with Gasteiger partial charge in [-0.25, -0.2) is 18.9 Å². The van der Waals surface area contributed by atoms with Gasteiger partial charge < -0.3 is 0 Å². The number of aryl methyl sites for hydroxylation is 1. The van der Waals surface area contributed by atoms with Gasteiger partial charge in [-0.2, -0.15) is 10.2 Å². The lowest BCUT2D eigenvalue weighted by Crippen LogP contribution is -2.21. The van der Waals surface area contributed by atoms with Gasteiger partial charge in [0.25, 0.3) is 5.56 Å². The Hall–Kier alpha value is -3.75. The monoisotopic (exact) mass is 392 g/mol. The molecule has 1 aliphatic rings. The van der Waals surface area contributed by atoms with E-state index in [0.717, 1.165) is 5.56 Å². The van der Waals surface area contributed by atoms with Crippen molar-refractivity contribution in [1.29, 1.82) is 0 Å². The number of aliphatic imine (C=N–C) groups is 1. The Morgan fingerprint density at radius 3 is 2.62 bits per heavy atom. The highest BCUT2D eigenvalue weighted by atomic mass is 19.1. The summed E-state index contributed by atoms with van der Waals surface area (Å²) in [6.45, 7) is 0. The summed E-state index contributed by atoms with van der Waals surface area (Å²) in [5.74, 6) is -1.21. The van der Waals surface area contributed by atoms with Crippen LogP contribution in [0.2, 0.25) is 0 Å². The van der Waals surface area contributed by atoms with Crippen LogP contribution >= 0.6 is 0 Å². The molecule has 2 atom stereocenters. The molecule has 0 aliphatic carbocycles. The Balaban J connectivity index is 1.86. The number of H-pyrrole nitrogens is 1. The maximum absolute atomic E-state index is 14.1. The van der Waals surface area contributed by atoms with Crippen LogP contribution in [0.3, 0.4) is 0 Å². The van der Waals surface area contributed by atoms with E-state index in [1.165, 1.54) is 30.6 Å². The number of rotatable bonds is 2. The smallest absolute Gasteiger partial charge is 0.267 e. The normalized spacial score (nSPS) is 18.2. The van der Waals surface area contributed by atoms with Crippen molar-refractivity contribution in [3.05, 3.63) is 81.8 Å². The van der Waals surface area contributed by atoms with Gasteiger partial charge in [-0.3, -0.25) is 14.5 Å². The fraction of sp³-hybridized carbons (Fsp3) is 0.150. The molecule has 2 unspecified atom stereocenters. The topological polar surface area (TPSA) is 88.8 Å². The molecule has 1 N–H and O–H groups in total. The van der Waals surface area contributed by atoms with E-state index < -0.39 is 23.2 Å². The van der Waals surface area contributed by atoms with Gasteiger partial charge in [0.05, 0.1) is 22.7 Å². The van der Waals surface area contributed by atoms with Crippen molar-refractivity contribution in [1.82, 2.24) is 25.0 Å². The second-order valence-corrected chi connectivity index (χ2v) is 6.86. The van der Waals surface area contributed by atoms with Crippen LogP contribution in [0.4, 0.5) is 14.5 Å². The van der Waals surface area contributed by atoms with E-state index in [-0.39, 0.29) is 11.2 Å². The molecule has 5 rings (SSSR count). The van der Waals surface area contributed by atoms with E-state index in [1.807, 2.05) is 0 Å². The Kier molecular flexibility index (Phi) is 3.83. The predicted octanol–water partition coefficient (Wildman–Crippen LogP) is 2.96. The van der Waals surface area contributed by atoms with Gasteiger partial charge >= 0.3 is 0 Å². The minimum Gasteiger partial charge on any atom is -0.267 e. The summed E-state index contributed by atoms with van der Waals surface area (Å²) in [5, 5.41) is 11.5. The summed E-state index contributed by atoms with van der Waals surface area (Å²) < 4.78 is 29.3. The second-order valence-electron chi connectivity index (χ2n) is 6.86. The van der Waals surface area contributed by atoms with Crippen LogP contribution in [0.5, 0.6) is 0 Å². The van der Waals surface area contributed by atoms with E-state index in [9.17, 15) is 13.6 Å². The van der Waals surface area contributed by atoms with Crippen molar-refractivity contribution in [2.24, 2.45) is 12.0 Å². The van der Waals surface area contributed by atoms with E-state index in [4.69, 9.17) is 0 Å². The lowest BCUT2D eigenvalue weighted by atomic mass is 9.83. The van der Waals surface area contributed by atoms with Crippen LogP contribution < -0.4 is 5.56 Å². The molecule has 0 amide bonds. The quantitative estimate of drug-likeness (QED) is 0.568. The molecule has 7 nitrogen and oxygen atoms in total. The zero-order valence-corrected chi connectivity index (χ0v) is 15.2. The summed E-state index contributed by atoms with van der Waals surface area (Å²) >= 11 is 0. The molecule has 1 aliphatic heterocycles. The lowest BCUT2D eigenvalue weighted by Gasteiger charge is -2.23. The number of nitrogens with one attached hydrogen (secondary N) is 1. The number of nitrogens with zero attached hydrogens (tertiary/aromatic N) is 5. The Labute approximate surface area is 162 Å². The van der Waals surface area contributed by atoms with Gasteiger partial charge in [-0.05, 0) is 23.8 Å². The molecule has 2 aromatic carbocycles. The summed E-state index contributed by atoms with van der Waals surface area (Å²) in [7, 11) is 1.75. The van der Waals surface area contributed by atoms with E-state index in [2.05, 4.69) is 25.3 Å². The van der Waals surface area contributed by atoms with Gasteiger partial charge in [0, 0.05) is 30.6 Å². The third-order valence-corrected chi connectivity index (χ3v) is 5.17. The predicted molar refractivity (Wildman–Crippen MR) is 102 cm³/mol. The van der Waals surface area contributed by atoms with Gasteiger partial charge in [0.1, 0.15) is 23.8 Å². The van der Waals surface area contributed by atoms with Gasteiger partial charge in [-0.1, -0.05) is 12.1 Å². The number of halogens is 2. The molecule has 0 spiro atoms. The molecule has 0 radical (unpaired) electrons. The fourth-order valence-corrected chi connectivity index (χ4v) is 3.84. The number of benzene rings is 2. The van der Waals surface area contributed by atoms with Crippen molar-refractivity contribution >= 4 is 22.7 Å². The fourth-order valence-electron chi connectivity index (χ4n) is 3.84. The van der Waals surface area contributed by atoms with Crippen LogP contribution in [0.1, 0.15) is 28.9 Å². The van der Waals surface area contributed by atoms with Crippen LogP contribution in [0.25, 0.3) is 10.8 Å². The molecule has 4 aromatic rings. The minimum atomic E-state index is -0.567. The first-order valence-electron chi connectivity index (χ1n) is 8.88. The highest BCUT2D eigenvalue weighted by Gasteiger charge is 2.34. The maximum Gasteiger partial charge on any atom is 0.272 e. The molecule has 144 valence electrons. The third kappa shape index (κ3) is 2.74. The van der Waals surface area contributed by atoms with Crippen LogP contribution in [0.15, 0.2) is 52.5 Å². The Morgan fingerprint density at radius 1 is 1.10 bits per heavy atom. The molecular weight excluding hydrogens is 378 g/mol. The van der Waals surface area contributed by atoms with Crippen molar-refractivity contribution in [3.8, 4) is 0 Å². The standard InChI is InChI=1S/C20H14F2N6O/c1-28-19(24-9-25-28)17-14(10-2-4-11(21)5-3-10)8-23-15-7-12(22)6-13-16(15)18(17)26-27-20(13)29/h2-9,14,17H,1H3,(H,27,29). The van der Waals surface area contributed by atoms with E-state index in [1.54, 1.807) is 30.1 Å². The van der Waals surface area contributed by atoms with Crippen LogP contribution in [-0.2, 0) is 7.05 Å². The highest BCUT2D eigenvalue weighted by molar-refractivity contribution is 5.97. The second kappa shape index (κ2) is 6.40. The average Bonchev–Trinajstić information content (AvgIpc) is 3.05. The maximum atomic E-state index is 14.1. The zero-order valence-electron chi connectivity index (χ0n) is 15.2. The largest absolute Gasteiger partial charge is 0.272 e. The zero-order chi connectivity index (χ0) is 20.1. The Morgan fingerprint density at radius 2 is 1.90 bits per heavy atom. The highest BCUT2D eigenvalue weighted by Crippen LogP contribution is 2.43. The number of aromatic amines is 1. The first kappa shape index (κ1) is 17.4. The van der Waals surface area contributed by atoms with E-state index in [0.29, 0.717) is 22.6 Å². The lowest BCUT2D eigenvalue weighted by molar-refractivity contribution is 0.607. The van der Waals surface area contributed by atoms with Crippen molar-refractivity contribution < 1.29 is 8.78 Å². The number of hydrogen-bond donors (Lipinski definition) is 1.